The van der Waals surface area contributed by atoms with E-state index in [9.17, 15) is 9.18 Å². The van der Waals surface area contributed by atoms with E-state index < -0.39 is 0 Å². The highest BCUT2D eigenvalue weighted by atomic mass is 19.1. The Hall–Kier alpha value is -1.62. The first-order valence-corrected chi connectivity index (χ1v) is 7.50. The number of fused-ring (bicyclic) bond motifs is 1. The molecule has 5 rings (SSSR count). The molecule has 4 N–H and O–H groups in total. The van der Waals surface area contributed by atoms with Crippen molar-refractivity contribution in [2.45, 2.75) is 44.2 Å². The van der Waals surface area contributed by atoms with Crippen LogP contribution < -0.4 is 16.4 Å². The molecule has 0 spiro atoms. The van der Waals surface area contributed by atoms with E-state index in [2.05, 4.69) is 10.6 Å². The lowest BCUT2D eigenvalue weighted by molar-refractivity contribution is -0.139. The molecule has 0 aromatic heterocycles. The summed E-state index contributed by atoms with van der Waals surface area (Å²) >= 11 is 0. The maximum atomic E-state index is 13.9. The SMILES string of the molecule is Cc1cc(F)c2c(c1)NC(C(=O)NCC13CC(N)(C1)C3)C2. The number of hydrogen-bond donors (Lipinski definition) is 3. The molecule has 0 saturated heterocycles. The second kappa shape index (κ2) is 3.97. The van der Waals surface area contributed by atoms with E-state index in [0.29, 0.717) is 18.5 Å². The molecule has 112 valence electrons. The van der Waals surface area contributed by atoms with E-state index in [-0.39, 0.29) is 28.7 Å². The van der Waals surface area contributed by atoms with E-state index in [1.807, 2.05) is 13.0 Å². The molecule has 2 bridgehead atoms. The Balaban J connectivity index is 1.38. The average molecular weight is 289 g/mol. The fourth-order valence-corrected chi connectivity index (χ4v) is 4.38. The lowest BCUT2D eigenvalue weighted by Gasteiger charge is -2.69. The zero-order valence-electron chi connectivity index (χ0n) is 12.1. The molecular formula is C16H20FN3O. The number of rotatable bonds is 3. The van der Waals surface area contributed by atoms with Crippen molar-refractivity contribution >= 4 is 11.6 Å². The number of anilines is 1. The minimum absolute atomic E-state index is 0.0425. The topological polar surface area (TPSA) is 67.2 Å². The van der Waals surface area contributed by atoms with Gasteiger partial charge in [-0.05, 0) is 49.3 Å². The van der Waals surface area contributed by atoms with Crippen LogP contribution in [0.4, 0.5) is 10.1 Å². The van der Waals surface area contributed by atoms with E-state index in [1.165, 1.54) is 6.07 Å². The molecule has 3 aliphatic carbocycles. The molecule has 1 aromatic carbocycles. The second-order valence-corrected chi connectivity index (χ2v) is 7.28. The number of aryl methyl sites for hydroxylation is 1. The molecule has 3 saturated carbocycles. The molecule has 5 heteroatoms. The van der Waals surface area contributed by atoms with Crippen LogP contribution in [0.5, 0.6) is 0 Å². The van der Waals surface area contributed by atoms with Gasteiger partial charge in [0, 0.05) is 29.8 Å². The number of amides is 1. The van der Waals surface area contributed by atoms with Gasteiger partial charge in [0.15, 0.2) is 0 Å². The molecule has 1 amide bonds. The smallest absolute Gasteiger partial charge is 0.242 e. The minimum atomic E-state index is -0.365. The summed E-state index contributed by atoms with van der Waals surface area (Å²) in [4.78, 5) is 12.3. The lowest BCUT2D eigenvalue weighted by atomic mass is 9.40. The third-order valence-corrected chi connectivity index (χ3v) is 5.21. The van der Waals surface area contributed by atoms with Gasteiger partial charge in [-0.1, -0.05) is 0 Å². The highest BCUT2D eigenvalue weighted by Crippen LogP contribution is 2.65. The van der Waals surface area contributed by atoms with Gasteiger partial charge in [-0.25, -0.2) is 4.39 Å². The number of carbonyl (C=O) groups is 1. The summed E-state index contributed by atoms with van der Waals surface area (Å²) in [7, 11) is 0. The van der Waals surface area contributed by atoms with Crippen molar-refractivity contribution in [3.63, 3.8) is 0 Å². The predicted molar refractivity (Wildman–Crippen MR) is 78.5 cm³/mol. The highest BCUT2D eigenvalue weighted by Gasteiger charge is 2.65. The third-order valence-electron chi connectivity index (χ3n) is 5.21. The Morgan fingerprint density at radius 1 is 1.48 bits per heavy atom. The van der Waals surface area contributed by atoms with Crippen LogP contribution in [0.2, 0.25) is 0 Å². The molecule has 1 aromatic rings. The summed E-state index contributed by atoms with van der Waals surface area (Å²) in [5, 5.41) is 6.14. The van der Waals surface area contributed by atoms with Crippen molar-refractivity contribution in [2.24, 2.45) is 11.1 Å². The second-order valence-electron chi connectivity index (χ2n) is 7.28. The summed E-state index contributed by atoms with van der Waals surface area (Å²) in [6.07, 6.45) is 3.48. The zero-order chi connectivity index (χ0) is 14.8. The van der Waals surface area contributed by atoms with Crippen molar-refractivity contribution in [1.29, 1.82) is 0 Å². The van der Waals surface area contributed by atoms with Crippen LogP contribution in [0.25, 0.3) is 0 Å². The predicted octanol–water partition coefficient (Wildman–Crippen LogP) is 1.47. The summed E-state index contributed by atoms with van der Waals surface area (Å²) in [6.45, 7) is 2.55. The van der Waals surface area contributed by atoms with Crippen LogP contribution in [0.1, 0.15) is 30.4 Å². The molecular weight excluding hydrogens is 269 g/mol. The van der Waals surface area contributed by atoms with Crippen LogP contribution in [0.15, 0.2) is 12.1 Å². The Morgan fingerprint density at radius 3 is 2.86 bits per heavy atom. The third kappa shape index (κ3) is 1.94. The maximum absolute atomic E-state index is 13.9. The Morgan fingerprint density at radius 2 is 2.19 bits per heavy atom. The van der Waals surface area contributed by atoms with Crippen molar-refractivity contribution in [3.8, 4) is 0 Å². The first kappa shape index (κ1) is 13.1. The summed E-state index contributed by atoms with van der Waals surface area (Å²) in [6, 6.07) is 3.05. The summed E-state index contributed by atoms with van der Waals surface area (Å²) < 4.78 is 13.9. The summed E-state index contributed by atoms with van der Waals surface area (Å²) in [5.74, 6) is -0.267. The lowest BCUT2D eigenvalue weighted by Crippen LogP contribution is -2.74. The number of hydrogen-bond acceptors (Lipinski definition) is 3. The van der Waals surface area contributed by atoms with Gasteiger partial charge in [0.05, 0.1) is 0 Å². The molecule has 4 nitrogen and oxygen atoms in total. The Bertz CT molecular complexity index is 623. The molecule has 1 atom stereocenters. The van der Waals surface area contributed by atoms with E-state index in [0.717, 1.165) is 30.5 Å². The minimum Gasteiger partial charge on any atom is -0.373 e. The average Bonchev–Trinajstić information content (AvgIpc) is 2.75. The molecule has 21 heavy (non-hydrogen) atoms. The maximum Gasteiger partial charge on any atom is 0.242 e. The van der Waals surface area contributed by atoms with Crippen molar-refractivity contribution in [2.75, 3.05) is 11.9 Å². The van der Waals surface area contributed by atoms with Crippen LogP contribution in [0.3, 0.4) is 0 Å². The van der Waals surface area contributed by atoms with Gasteiger partial charge in [-0.3, -0.25) is 4.79 Å². The van der Waals surface area contributed by atoms with Gasteiger partial charge in [-0.2, -0.15) is 0 Å². The summed E-state index contributed by atoms with van der Waals surface area (Å²) in [5.41, 5.74) is 8.56. The van der Waals surface area contributed by atoms with Crippen molar-refractivity contribution in [1.82, 2.24) is 5.32 Å². The quantitative estimate of drug-likeness (QED) is 0.789. The number of benzene rings is 1. The van der Waals surface area contributed by atoms with Gasteiger partial charge >= 0.3 is 0 Å². The van der Waals surface area contributed by atoms with Gasteiger partial charge in [-0.15, -0.1) is 0 Å². The molecule has 1 unspecified atom stereocenters. The van der Waals surface area contributed by atoms with Crippen LogP contribution in [-0.2, 0) is 11.2 Å². The monoisotopic (exact) mass is 289 g/mol. The Labute approximate surface area is 123 Å². The van der Waals surface area contributed by atoms with Crippen LogP contribution in [-0.4, -0.2) is 24.0 Å². The Kier molecular flexibility index (Phi) is 2.47. The molecule has 1 aliphatic heterocycles. The first-order chi connectivity index (χ1) is 9.88. The van der Waals surface area contributed by atoms with E-state index in [4.69, 9.17) is 5.73 Å². The molecule has 1 heterocycles. The fraction of sp³-hybridized carbons (Fsp3) is 0.562. The molecule has 4 aliphatic rings. The van der Waals surface area contributed by atoms with Crippen LogP contribution >= 0.6 is 0 Å². The van der Waals surface area contributed by atoms with Gasteiger partial charge in [0.2, 0.25) is 5.91 Å². The van der Waals surface area contributed by atoms with Crippen molar-refractivity contribution in [3.05, 3.63) is 29.1 Å². The standard InChI is InChI=1S/C16H20FN3O/c1-9-2-11(17)10-4-13(20-12(10)3-9)14(21)19-8-15-5-16(18,6-15)7-15/h2-3,13,20H,4-8,18H2,1H3,(H,19,21). The van der Waals surface area contributed by atoms with Crippen LogP contribution in [0, 0.1) is 18.2 Å². The largest absolute Gasteiger partial charge is 0.373 e. The highest BCUT2D eigenvalue weighted by molar-refractivity contribution is 5.87. The first-order valence-electron chi connectivity index (χ1n) is 7.50. The van der Waals surface area contributed by atoms with Crippen molar-refractivity contribution < 1.29 is 9.18 Å². The normalized spacial score (nSPS) is 35.3. The van der Waals surface area contributed by atoms with Gasteiger partial charge < -0.3 is 16.4 Å². The van der Waals surface area contributed by atoms with E-state index in [1.54, 1.807) is 0 Å². The van der Waals surface area contributed by atoms with Gasteiger partial charge in [0.25, 0.3) is 0 Å². The van der Waals surface area contributed by atoms with E-state index >= 15 is 0 Å². The van der Waals surface area contributed by atoms with Gasteiger partial charge in [0.1, 0.15) is 11.9 Å². The number of nitrogens with one attached hydrogen (secondary N) is 2. The fourth-order valence-electron chi connectivity index (χ4n) is 4.38. The number of nitrogens with two attached hydrogens (primary N) is 1. The molecule has 3 fully saturated rings. The number of carbonyl (C=O) groups excluding carboxylic acids is 1. The number of halogens is 1. The zero-order valence-corrected chi connectivity index (χ0v) is 12.1. The molecule has 0 radical (unpaired) electrons.